The number of halogens is 2. The molecule has 2 aromatic rings. The molecule has 1 fully saturated rings. The Labute approximate surface area is 137 Å². The van der Waals surface area contributed by atoms with E-state index in [9.17, 15) is 15.3 Å². The molecule has 1 aromatic heterocycles. The molecule has 0 aliphatic carbocycles. The van der Waals surface area contributed by atoms with Crippen molar-refractivity contribution >= 4 is 34.1 Å². The van der Waals surface area contributed by atoms with E-state index in [1.54, 1.807) is 16.7 Å². The molecule has 1 aliphatic heterocycles. The summed E-state index contributed by atoms with van der Waals surface area (Å²) < 4.78 is 7.42. The number of hydrogen-bond acceptors (Lipinski definition) is 4. The highest BCUT2D eigenvalue weighted by Gasteiger charge is 2.44. The number of aromatic nitrogens is 1. The Balaban J connectivity index is 2.19. The Morgan fingerprint density at radius 1 is 1.14 bits per heavy atom. The second-order valence-corrected chi connectivity index (χ2v) is 6.41. The van der Waals surface area contributed by atoms with Gasteiger partial charge >= 0.3 is 0 Å². The van der Waals surface area contributed by atoms with Crippen LogP contribution in [0.4, 0.5) is 0 Å². The number of aliphatic hydroxyl groups excluding tert-OH is 3. The molecule has 0 spiro atoms. The van der Waals surface area contributed by atoms with Crippen LogP contribution in [0.2, 0.25) is 10.0 Å². The maximum Gasteiger partial charge on any atom is 0.163 e. The highest BCUT2D eigenvalue weighted by molar-refractivity contribution is 6.42. The van der Waals surface area contributed by atoms with Crippen molar-refractivity contribution in [2.45, 2.75) is 38.4 Å². The number of nitrogens with zero attached hydrogens (tertiary/aromatic N) is 1. The van der Waals surface area contributed by atoms with Gasteiger partial charge in [-0.05, 0) is 31.5 Å². The molecule has 0 bridgehead atoms. The van der Waals surface area contributed by atoms with E-state index in [1.807, 2.05) is 13.8 Å². The van der Waals surface area contributed by atoms with E-state index in [0.717, 1.165) is 22.2 Å². The number of rotatable bonds is 2. The van der Waals surface area contributed by atoms with E-state index >= 15 is 0 Å². The summed E-state index contributed by atoms with van der Waals surface area (Å²) in [5, 5.41) is 31.2. The fourth-order valence-electron chi connectivity index (χ4n) is 3.01. The Hall–Kier alpha value is -0.820. The summed E-state index contributed by atoms with van der Waals surface area (Å²) in [7, 11) is 0. The smallest absolute Gasteiger partial charge is 0.163 e. The zero-order valence-corrected chi connectivity index (χ0v) is 13.6. The van der Waals surface area contributed by atoms with Crippen molar-refractivity contribution in [3.8, 4) is 0 Å². The fraction of sp³-hybridized carbons (Fsp3) is 0.467. The van der Waals surface area contributed by atoms with Gasteiger partial charge in [-0.2, -0.15) is 0 Å². The predicted molar refractivity (Wildman–Crippen MR) is 84.4 cm³/mol. The van der Waals surface area contributed by atoms with E-state index < -0.39 is 24.5 Å². The molecular formula is C15H17Cl2NO4. The lowest BCUT2D eigenvalue weighted by Crippen LogP contribution is -2.33. The lowest BCUT2D eigenvalue weighted by atomic mass is 10.1. The fourth-order valence-corrected chi connectivity index (χ4v) is 3.34. The van der Waals surface area contributed by atoms with Crippen molar-refractivity contribution in [3.05, 3.63) is 33.4 Å². The molecule has 1 unspecified atom stereocenters. The predicted octanol–water partition coefficient (Wildman–Crippen LogP) is 2.18. The molecule has 7 heteroatoms. The Morgan fingerprint density at radius 3 is 2.36 bits per heavy atom. The standard InChI is InChI=1S/C15H17Cl2NO4/c1-6-7(2)18(11-4-10(17)9(16)3-8(6)11)15-14(21)13(20)12(5-19)22-15/h3-4,12-15,19-21H,5H2,1-2H3/t12-,13?,14+,15-/m1/s1. The molecule has 1 aliphatic rings. The largest absolute Gasteiger partial charge is 0.394 e. The van der Waals surface area contributed by atoms with Crippen molar-refractivity contribution < 1.29 is 20.1 Å². The number of aliphatic hydroxyl groups is 3. The highest BCUT2D eigenvalue weighted by Crippen LogP contribution is 2.38. The second kappa shape index (κ2) is 5.67. The van der Waals surface area contributed by atoms with Gasteiger partial charge in [-0.3, -0.25) is 0 Å². The maximum absolute atomic E-state index is 10.3. The van der Waals surface area contributed by atoms with Crippen molar-refractivity contribution in [3.63, 3.8) is 0 Å². The van der Waals surface area contributed by atoms with Gasteiger partial charge in [0.15, 0.2) is 6.23 Å². The van der Waals surface area contributed by atoms with Crippen LogP contribution >= 0.6 is 23.2 Å². The molecule has 0 saturated carbocycles. The van der Waals surface area contributed by atoms with Crippen molar-refractivity contribution in [2.75, 3.05) is 6.61 Å². The van der Waals surface area contributed by atoms with Crippen LogP contribution in [0.1, 0.15) is 17.5 Å². The molecule has 1 saturated heterocycles. The molecular weight excluding hydrogens is 329 g/mol. The molecule has 22 heavy (non-hydrogen) atoms. The Kier molecular flexibility index (Phi) is 4.14. The average molecular weight is 346 g/mol. The maximum atomic E-state index is 10.3. The van der Waals surface area contributed by atoms with Gasteiger partial charge < -0.3 is 24.6 Å². The zero-order chi connectivity index (χ0) is 16.2. The molecule has 120 valence electrons. The van der Waals surface area contributed by atoms with E-state index in [2.05, 4.69) is 0 Å². The molecule has 5 nitrogen and oxygen atoms in total. The third-order valence-electron chi connectivity index (χ3n) is 4.38. The second-order valence-electron chi connectivity index (χ2n) is 5.59. The van der Waals surface area contributed by atoms with Crippen LogP contribution < -0.4 is 0 Å². The van der Waals surface area contributed by atoms with Crippen molar-refractivity contribution in [1.82, 2.24) is 4.57 Å². The first-order valence-corrected chi connectivity index (χ1v) is 7.71. The zero-order valence-electron chi connectivity index (χ0n) is 12.1. The highest BCUT2D eigenvalue weighted by atomic mass is 35.5. The summed E-state index contributed by atoms with van der Waals surface area (Å²) >= 11 is 12.2. The first kappa shape index (κ1) is 16.1. The van der Waals surface area contributed by atoms with Gasteiger partial charge in [0.25, 0.3) is 0 Å². The topological polar surface area (TPSA) is 74.9 Å². The third kappa shape index (κ3) is 2.24. The third-order valence-corrected chi connectivity index (χ3v) is 5.10. The van der Waals surface area contributed by atoms with Crippen LogP contribution in [0.5, 0.6) is 0 Å². The van der Waals surface area contributed by atoms with Crippen molar-refractivity contribution in [2.24, 2.45) is 0 Å². The van der Waals surface area contributed by atoms with Gasteiger partial charge in [0.05, 0.1) is 22.2 Å². The summed E-state index contributed by atoms with van der Waals surface area (Å²) in [6, 6.07) is 3.49. The van der Waals surface area contributed by atoms with Gasteiger partial charge in [0, 0.05) is 11.1 Å². The minimum atomic E-state index is -1.14. The van der Waals surface area contributed by atoms with Crippen LogP contribution in [0.25, 0.3) is 10.9 Å². The van der Waals surface area contributed by atoms with Gasteiger partial charge in [0.1, 0.15) is 18.3 Å². The van der Waals surface area contributed by atoms with Gasteiger partial charge in [0.2, 0.25) is 0 Å². The first-order chi connectivity index (χ1) is 10.4. The lowest BCUT2D eigenvalue weighted by Gasteiger charge is -2.20. The number of hydrogen-bond donors (Lipinski definition) is 3. The number of aryl methyl sites for hydroxylation is 1. The minimum Gasteiger partial charge on any atom is -0.394 e. The van der Waals surface area contributed by atoms with E-state index in [1.165, 1.54) is 0 Å². The molecule has 0 amide bonds. The summed E-state index contributed by atoms with van der Waals surface area (Å²) in [5.74, 6) is 0. The lowest BCUT2D eigenvalue weighted by molar-refractivity contribution is -0.0514. The first-order valence-electron chi connectivity index (χ1n) is 6.95. The van der Waals surface area contributed by atoms with Crippen LogP contribution in [0.15, 0.2) is 12.1 Å². The SMILES string of the molecule is Cc1c(C)n([C@@H]2O[C@H](CO)C(O)[C@@H]2O)c2cc(Cl)c(Cl)cc12. The molecule has 4 atom stereocenters. The number of ether oxygens (including phenoxy) is 1. The summed E-state index contributed by atoms with van der Waals surface area (Å²) in [4.78, 5) is 0. The number of fused-ring (bicyclic) bond motifs is 1. The van der Waals surface area contributed by atoms with Gasteiger partial charge in [-0.15, -0.1) is 0 Å². The molecule has 2 heterocycles. The van der Waals surface area contributed by atoms with Crippen LogP contribution in [0, 0.1) is 13.8 Å². The Bertz CT molecular complexity index is 730. The molecule has 3 N–H and O–H groups in total. The summed E-state index contributed by atoms with van der Waals surface area (Å²) in [6.45, 7) is 3.48. The monoisotopic (exact) mass is 345 g/mol. The van der Waals surface area contributed by atoms with E-state index in [4.69, 9.17) is 27.9 Å². The molecule has 3 rings (SSSR count). The van der Waals surface area contributed by atoms with Crippen LogP contribution in [-0.2, 0) is 4.74 Å². The van der Waals surface area contributed by atoms with E-state index in [-0.39, 0.29) is 6.61 Å². The summed E-state index contributed by atoms with van der Waals surface area (Å²) in [5.41, 5.74) is 2.63. The van der Waals surface area contributed by atoms with Gasteiger partial charge in [-0.1, -0.05) is 23.2 Å². The van der Waals surface area contributed by atoms with Crippen LogP contribution in [0.3, 0.4) is 0 Å². The number of benzene rings is 1. The van der Waals surface area contributed by atoms with Crippen LogP contribution in [-0.4, -0.2) is 44.8 Å². The Morgan fingerprint density at radius 2 is 1.77 bits per heavy atom. The minimum absolute atomic E-state index is 0.363. The molecule has 0 radical (unpaired) electrons. The summed E-state index contributed by atoms with van der Waals surface area (Å²) in [6.07, 6.45) is -3.89. The normalized spacial score (nSPS) is 28.7. The van der Waals surface area contributed by atoms with Crippen molar-refractivity contribution in [1.29, 1.82) is 0 Å². The quantitative estimate of drug-likeness (QED) is 0.779. The average Bonchev–Trinajstić information content (AvgIpc) is 2.89. The molecule has 1 aromatic carbocycles. The van der Waals surface area contributed by atoms with Gasteiger partial charge in [-0.25, -0.2) is 0 Å². The van der Waals surface area contributed by atoms with E-state index in [0.29, 0.717) is 10.0 Å².